The summed E-state index contributed by atoms with van der Waals surface area (Å²) in [5, 5.41) is 15.6. The fourth-order valence-electron chi connectivity index (χ4n) is 2.58. The Morgan fingerprint density at radius 3 is 2.63 bits per heavy atom. The maximum Gasteiger partial charge on any atom is 0.387 e. The van der Waals surface area contributed by atoms with Crippen molar-refractivity contribution in [3.05, 3.63) is 38.5 Å². The molecule has 0 aliphatic rings. The van der Waals surface area contributed by atoms with Gasteiger partial charge in [-0.25, -0.2) is 4.68 Å². The van der Waals surface area contributed by atoms with Crippen molar-refractivity contribution in [3.63, 3.8) is 0 Å². The molecule has 11 heteroatoms. The third-order valence-corrected chi connectivity index (χ3v) is 6.39. The lowest BCUT2D eigenvalue weighted by Gasteiger charge is -2.16. The zero-order valence-corrected chi connectivity index (χ0v) is 19.6. The van der Waals surface area contributed by atoms with E-state index in [1.54, 1.807) is 6.92 Å². The van der Waals surface area contributed by atoms with E-state index in [0.29, 0.717) is 16.6 Å². The molecule has 1 heterocycles. The van der Waals surface area contributed by atoms with Crippen molar-refractivity contribution in [2.45, 2.75) is 46.0 Å². The van der Waals surface area contributed by atoms with E-state index in [0.717, 1.165) is 12.2 Å². The second kappa shape index (κ2) is 10.1. The van der Waals surface area contributed by atoms with Gasteiger partial charge in [-0.3, -0.25) is 10.1 Å². The van der Waals surface area contributed by atoms with Crippen LogP contribution in [-0.4, -0.2) is 36.0 Å². The molecule has 1 aromatic carbocycles. The van der Waals surface area contributed by atoms with Gasteiger partial charge in [0.15, 0.2) is 5.69 Å². The van der Waals surface area contributed by atoms with Crippen molar-refractivity contribution >= 4 is 29.7 Å². The Morgan fingerprint density at radius 1 is 1.37 bits per heavy atom. The van der Waals surface area contributed by atoms with Crippen molar-refractivity contribution in [1.82, 2.24) is 9.78 Å². The molecule has 0 bridgehead atoms. The average Bonchev–Trinajstić information content (AvgIpc) is 3.04. The molecule has 0 N–H and O–H groups in total. The molecule has 1 aromatic heterocycles. The first-order valence-corrected chi connectivity index (χ1v) is 13.5. The average molecular weight is 502 g/mol. The summed E-state index contributed by atoms with van der Waals surface area (Å²) in [5.74, 6) is 5.21. The minimum absolute atomic E-state index is 0.0142. The molecule has 0 unspecified atom stereocenters. The first kappa shape index (κ1) is 24.0. The fourth-order valence-corrected chi connectivity index (χ4v) is 3.77. The lowest BCUT2D eigenvalue weighted by Crippen LogP contribution is -2.22. The molecule has 7 nitrogen and oxygen atoms in total. The van der Waals surface area contributed by atoms with Crippen LogP contribution in [0.15, 0.2) is 22.8 Å². The summed E-state index contributed by atoms with van der Waals surface area (Å²) in [7, 11) is -1.32. The number of hydrogen-bond donors (Lipinski definition) is 0. The molecule has 0 radical (unpaired) electrons. The molecule has 0 fully saturated rings. The second-order valence-electron chi connectivity index (χ2n) is 7.56. The van der Waals surface area contributed by atoms with Gasteiger partial charge in [-0.15, -0.1) is 5.92 Å². The van der Waals surface area contributed by atoms with Crippen molar-refractivity contribution < 1.29 is 23.2 Å². The molecule has 0 saturated heterocycles. The monoisotopic (exact) mass is 501 g/mol. The molecule has 0 aliphatic carbocycles. The minimum atomic E-state index is -3.12. The third-order valence-electron chi connectivity index (χ3n) is 4.03. The molecular formula is C19H22BrF2N3O4Si. The molecule has 0 amide bonds. The third kappa shape index (κ3) is 6.35. The number of alkyl halides is 2. The number of nitrogens with zero attached hydrogens (tertiary/aromatic N) is 3. The highest BCUT2D eigenvalue weighted by molar-refractivity contribution is 9.10. The Labute approximate surface area is 182 Å². The minimum Gasteiger partial charge on any atom is -0.434 e. The van der Waals surface area contributed by atoms with Crippen LogP contribution < -0.4 is 4.74 Å². The van der Waals surface area contributed by atoms with Crippen LogP contribution in [0.4, 0.5) is 14.5 Å². The zero-order valence-electron chi connectivity index (χ0n) is 17.0. The summed E-state index contributed by atoms with van der Waals surface area (Å²) in [6.45, 7) is 5.50. The summed E-state index contributed by atoms with van der Waals surface area (Å²) in [5.41, 5.74) is 0.170. The van der Waals surface area contributed by atoms with Crippen LogP contribution in [0.3, 0.4) is 0 Å². The number of nitro groups is 1. The number of rotatable bonds is 9. The number of benzene rings is 1. The predicted molar refractivity (Wildman–Crippen MR) is 115 cm³/mol. The Morgan fingerprint density at radius 2 is 2.07 bits per heavy atom. The van der Waals surface area contributed by atoms with E-state index in [4.69, 9.17) is 4.74 Å². The van der Waals surface area contributed by atoms with E-state index in [-0.39, 0.29) is 29.4 Å². The van der Waals surface area contributed by atoms with E-state index in [1.807, 2.05) is 0 Å². The number of ether oxygens (including phenoxy) is 2. The summed E-state index contributed by atoms with van der Waals surface area (Å²) < 4.78 is 38.1. The lowest BCUT2D eigenvalue weighted by atomic mass is 10.1. The van der Waals surface area contributed by atoms with Crippen molar-refractivity contribution in [1.29, 1.82) is 0 Å². The lowest BCUT2D eigenvalue weighted by molar-refractivity contribution is -0.384. The van der Waals surface area contributed by atoms with Gasteiger partial charge in [0.2, 0.25) is 0 Å². The SMILES string of the molecule is CC#Cc1cc(OC(F)F)c(-c2c([N+](=O)[O-])cnn2COCC[Si](C)(C)C)cc1Br. The molecular weight excluding hydrogens is 480 g/mol. The molecule has 2 rings (SSSR count). The topological polar surface area (TPSA) is 79.4 Å². The van der Waals surface area contributed by atoms with Gasteiger partial charge in [0, 0.05) is 24.7 Å². The van der Waals surface area contributed by atoms with Crippen LogP contribution in [0.2, 0.25) is 25.7 Å². The van der Waals surface area contributed by atoms with E-state index >= 15 is 0 Å². The maximum atomic E-state index is 13.0. The molecule has 2 aromatic rings. The largest absolute Gasteiger partial charge is 0.434 e. The predicted octanol–water partition coefficient (Wildman–Crippen LogP) is 5.51. The quantitative estimate of drug-likeness (QED) is 0.149. The highest BCUT2D eigenvalue weighted by Crippen LogP contribution is 2.40. The Kier molecular flexibility index (Phi) is 8.11. The molecule has 30 heavy (non-hydrogen) atoms. The van der Waals surface area contributed by atoms with Gasteiger partial charge in [0.25, 0.3) is 0 Å². The Bertz CT molecular complexity index is 981. The summed E-state index contributed by atoms with van der Waals surface area (Å²) in [6.07, 6.45) is 1.07. The summed E-state index contributed by atoms with van der Waals surface area (Å²) >= 11 is 3.33. The molecule has 0 spiro atoms. The van der Waals surface area contributed by atoms with Crippen molar-refractivity contribution in [2.24, 2.45) is 0 Å². The number of aromatic nitrogens is 2. The number of hydrogen-bond acceptors (Lipinski definition) is 5. The highest BCUT2D eigenvalue weighted by Gasteiger charge is 2.27. The highest BCUT2D eigenvalue weighted by atomic mass is 79.9. The van der Waals surface area contributed by atoms with E-state index in [2.05, 4.69) is 57.2 Å². The standard InChI is InChI=1S/C19H22BrF2N3O4Si/c1-5-6-13-9-17(29-19(21)22)14(10-15(13)20)18-16(25(26)27)11-23-24(18)12-28-7-8-30(2,3)4/h9-11,19H,7-8,12H2,1-4H3. The molecule has 0 aliphatic heterocycles. The van der Waals surface area contributed by atoms with Crippen LogP contribution >= 0.6 is 15.9 Å². The maximum absolute atomic E-state index is 13.0. The molecule has 0 saturated carbocycles. The first-order chi connectivity index (χ1) is 14.0. The van der Waals surface area contributed by atoms with Crippen LogP contribution in [-0.2, 0) is 11.5 Å². The Balaban J connectivity index is 2.52. The van der Waals surface area contributed by atoms with Crippen molar-refractivity contribution in [3.8, 4) is 28.8 Å². The van der Waals surface area contributed by atoms with Crippen LogP contribution in [0.5, 0.6) is 5.75 Å². The van der Waals surface area contributed by atoms with Gasteiger partial charge in [-0.1, -0.05) is 25.6 Å². The number of halogens is 3. The van der Waals surface area contributed by atoms with Crippen LogP contribution in [0, 0.1) is 22.0 Å². The van der Waals surface area contributed by atoms with Gasteiger partial charge < -0.3 is 9.47 Å². The van der Waals surface area contributed by atoms with Gasteiger partial charge in [0.05, 0.1) is 10.5 Å². The van der Waals surface area contributed by atoms with Gasteiger partial charge >= 0.3 is 12.3 Å². The van der Waals surface area contributed by atoms with Crippen molar-refractivity contribution in [2.75, 3.05) is 6.61 Å². The van der Waals surface area contributed by atoms with Crippen LogP contribution in [0.25, 0.3) is 11.3 Å². The Hall–Kier alpha value is -2.29. The van der Waals surface area contributed by atoms with Gasteiger partial charge in [-0.05, 0) is 41.0 Å². The fraction of sp³-hybridized carbons (Fsp3) is 0.421. The van der Waals surface area contributed by atoms with E-state index in [1.165, 1.54) is 16.8 Å². The molecule has 162 valence electrons. The zero-order chi connectivity index (χ0) is 22.5. The van der Waals surface area contributed by atoms with E-state index < -0.39 is 19.6 Å². The summed E-state index contributed by atoms with van der Waals surface area (Å²) in [6, 6.07) is 3.68. The van der Waals surface area contributed by atoms with E-state index in [9.17, 15) is 18.9 Å². The smallest absolute Gasteiger partial charge is 0.387 e. The normalized spacial score (nSPS) is 11.3. The van der Waals surface area contributed by atoms with Crippen LogP contribution in [0.1, 0.15) is 12.5 Å². The first-order valence-electron chi connectivity index (χ1n) is 9.03. The molecule has 0 atom stereocenters. The summed E-state index contributed by atoms with van der Waals surface area (Å²) in [4.78, 5) is 10.9. The second-order valence-corrected chi connectivity index (χ2v) is 14.0. The van der Waals surface area contributed by atoms with Gasteiger partial charge in [0.1, 0.15) is 18.7 Å². The van der Waals surface area contributed by atoms with Gasteiger partial charge in [-0.2, -0.15) is 13.9 Å².